The van der Waals surface area contributed by atoms with E-state index in [9.17, 15) is 0 Å². The molecule has 0 radical (unpaired) electrons. The number of amidine groups is 1. The quantitative estimate of drug-likeness (QED) is 0.383. The van der Waals surface area contributed by atoms with Crippen LogP contribution in [0.1, 0.15) is 32.3 Å². The molecule has 0 spiro atoms. The van der Waals surface area contributed by atoms with Crippen molar-refractivity contribution in [3.8, 4) is 0 Å². The number of benzene rings is 1. The lowest BCUT2D eigenvalue weighted by Crippen LogP contribution is -2.31. The molecular formula is C16H22N4O. The van der Waals surface area contributed by atoms with E-state index in [0.29, 0.717) is 11.6 Å². The maximum absolute atomic E-state index is 9.01. The van der Waals surface area contributed by atoms with Gasteiger partial charge < -0.3 is 15.8 Å². The molecule has 1 aromatic heterocycles. The number of nitrogens with zero attached hydrogens (tertiary/aromatic N) is 3. The molecule has 0 bridgehead atoms. The van der Waals surface area contributed by atoms with Crippen molar-refractivity contribution in [1.29, 1.82) is 0 Å². The van der Waals surface area contributed by atoms with Crippen LogP contribution in [0.3, 0.4) is 0 Å². The van der Waals surface area contributed by atoms with E-state index in [1.165, 1.54) is 0 Å². The Kier molecular flexibility index (Phi) is 4.62. The molecule has 0 fully saturated rings. The minimum Gasteiger partial charge on any atom is -0.409 e. The van der Waals surface area contributed by atoms with Gasteiger partial charge in [0.15, 0.2) is 5.84 Å². The lowest BCUT2D eigenvalue weighted by molar-refractivity contribution is 0.318. The number of nitrogens with two attached hydrogens (primary N) is 1. The molecule has 5 heteroatoms. The van der Waals surface area contributed by atoms with Gasteiger partial charge in [-0.15, -0.1) is 0 Å². The molecule has 0 aliphatic carbocycles. The van der Waals surface area contributed by atoms with Gasteiger partial charge in [0, 0.05) is 24.0 Å². The number of pyridine rings is 1. The normalized spacial score (nSPS) is 12.1. The molecular weight excluding hydrogens is 264 g/mol. The summed E-state index contributed by atoms with van der Waals surface area (Å²) in [5, 5.41) is 13.0. The third-order valence-corrected chi connectivity index (χ3v) is 3.94. The number of aromatic nitrogens is 1. The predicted octanol–water partition coefficient (Wildman–Crippen LogP) is 2.95. The smallest absolute Gasteiger partial charge is 0.170 e. The minimum absolute atomic E-state index is 0.104. The number of hydrogen-bond donors (Lipinski definition) is 2. The van der Waals surface area contributed by atoms with E-state index >= 15 is 0 Å². The molecule has 0 aliphatic rings. The first-order chi connectivity index (χ1) is 10.1. The Morgan fingerprint density at radius 2 is 2.00 bits per heavy atom. The van der Waals surface area contributed by atoms with Crippen molar-refractivity contribution >= 4 is 22.6 Å². The molecule has 0 unspecified atom stereocenters. The highest BCUT2D eigenvalue weighted by atomic mass is 16.4. The Morgan fingerprint density at radius 1 is 1.33 bits per heavy atom. The van der Waals surface area contributed by atoms with Gasteiger partial charge in [-0.3, -0.25) is 0 Å². The Balaban J connectivity index is 2.61. The molecule has 0 aliphatic heterocycles. The third kappa shape index (κ3) is 2.91. The number of anilines is 1. The third-order valence-electron chi connectivity index (χ3n) is 3.94. The van der Waals surface area contributed by atoms with Gasteiger partial charge in [-0.1, -0.05) is 37.2 Å². The largest absolute Gasteiger partial charge is 0.409 e. The number of oxime groups is 1. The van der Waals surface area contributed by atoms with Crippen LogP contribution in [0.5, 0.6) is 0 Å². The molecule has 0 atom stereocenters. The monoisotopic (exact) mass is 286 g/mol. The van der Waals surface area contributed by atoms with Gasteiger partial charge >= 0.3 is 0 Å². The van der Waals surface area contributed by atoms with Crippen LogP contribution in [0.2, 0.25) is 0 Å². The Morgan fingerprint density at radius 3 is 2.62 bits per heavy atom. The van der Waals surface area contributed by atoms with E-state index in [0.717, 1.165) is 29.6 Å². The molecule has 112 valence electrons. The zero-order chi connectivity index (χ0) is 15.4. The molecule has 21 heavy (non-hydrogen) atoms. The summed E-state index contributed by atoms with van der Waals surface area (Å²) in [5.41, 5.74) is 7.37. The molecule has 2 aromatic rings. The topological polar surface area (TPSA) is 74.7 Å². The average molecular weight is 286 g/mol. The summed E-state index contributed by atoms with van der Waals surface area (Å²) in [7, 11) is 2.03. The van der Waals surface area contributed by atoms with E-state index in [1.807, 2.05) is 37.4 Å². The first-order valence-corrected chi connectivity index (χ1v) is 7.22. The molecule has 0 amide bonds. The van der Waals surface area contributed by atoms with Crippen LogP contribution < -0.4 is 10.6 Å². The summed E-state index contributed by atoms with van der Waals surface area (Å²) in [6.07, 6.45) is 2.08. The zero-order valence-corrected chi connectivity index (χ0v) is 12.7. The molecule has 0 saturated carbocycles. The van der Waals surface area contributed by atoms with Gasteiger partial charge in [-0.2, -0.15) is 0 Å². The average Bonchev–Trinajstić information content (AvgIpc) is 2.54. The van der Waals surface area contributed by atoms with Gasteiger partial charge in [0.05, 0.1) is 5.52 Å². The highest BCUT2D eigenvalue weighted by Gasteiger charge is 2.16. The molecule has 0 saturated heterocycles. The van der Waals surface area contributed by atoms with E-state index in [2.05, 4.69) is 23.9 Å². The van der Waals surface area contributed by atoms with E-state index in [-0.39, 0.29) is 5.84 Å². The Labute approximate surface area is 125 Å². The second-order valence-electron chi connectivity index (χ2n) is 5.11. The molecule has 1 heterocycles. The van der Waals surface area contributed by atoms with Crippen LogP contribution in [-0.4, -0.2) is 29.1 Å². The van der Waals surface area contributed by atoms with E-state index < -0.39 is 0 Å². The maximum atomic E-state index is 9.01. The number of hydrogen-bond acceptors (Lipinski definition) is 4. The fraction of sp³-hybridized carbons (Fsp3) is 0.375. The molecule has 5 nitrogen and oxygen atoms in total. The van der Waals surface area contributed by atoms with Gasteiger partial charge in [0.2, 0.25) is 0 Å². The van der Waals surface area contributed by atoms with Crippen molar-refractivity contribution in [3.05, 3.63) is 35.9 Å². The van der Waals surface area contributed by atoms with Crippen LogP contribution in [-0.2, 0) is 0 Å². The fourth-order valence-electron chi connectivity index (χ4n) is 2.63. The van der Waals surface area contributed by atoms with Crippen LogP contribution in [0.25, 0.3) is 10.9 Å². The van der Waals surface area contributed by atoms with Crippen molar-refractivity contribution in [2.75, 3.05) is 11.9 Å². The van der Waals surface area contributed by atoms with Gasteiger partial charge in [0.1, 0.15) is 5.82 Å². The Bertz CT molecular complexity index is 650. The van der Waals surface area contributed by atoms with Crippen molar-refractivity contribution in [2.45, 2.75) is 32.7 Å². The fourth-order valence-corrected chi connectivity index (χ4v) is 2.63. The number of fused-ring (bicyclic) bond motifs is 1. The highest BCUT2D eigenvalue weighted by Crippen LogP contribution is 2.24. The van der Waals surface area contributed by atoms with Crippen molar-refractivity contribution in [2.24, 2.45) is 10.9 Å². The lowest BCUT2D eigenvalue weighted by atomic mass is 10.1. The summed E-state index contributed by atoms with van der Waals surface area (Å²) in [6, 6.07) is 10.0. The predicted molar refractivity (Wildman–Crippen MR) is 87.0 cm³/mol. The standard InChI is InChI=1S/C16H22N4O/c1-4-11(5-2)20(3)15-10-13(16(17)19-21)12-8-6-7-9-14(12)18-15/h6-11,21H,4-5H2,1-3H3,(H2,17,19). The summed E-state index contributed by atoms with van der Waals surface area (Å²) < 4.78 is 0. The molecule has 3 N–H and O–H groups in total. The van der Waals surface area contributed by atoms with Crippen molar-refractivity contribution < 1.29 is 5.21 Å². The van der Waals surface area contributed by atoms with Crippen LogP contribution in [0.15, 0.2) is 35.5 Å². The zero-order valence-electron chi connectivity index (χ0n) is 12.7. The highest BCUT2D eigenvalue weighted by molar-refractivity contribution is 6.08. The minimum atomic E-state index is 0.104. The SMILES string of the molecule is CCC(CC)N(C)c1cc(C(N)=NO)c2ccccc2n1. The number of rotatable bonds is 5. The van der Waals surface area contributed by atoms with Gasteiger partial charge in [0.25, 0.3) is 0 Å². The van der Waals surface area contributed by atoms with Crippen LogP contribution >= 0.6 is 0 Å². The Hall–Kier alpha value is -2.30. The van der Waals surface area contributed by atoms with Gasteiger partial charge in [-0.05, 0) is 25.0 Å². The summed E-state index contributed by atoms with van der Waals surface area (Å²) in [5.74, 6) is 0.941. The second-order valence-corrected chi connectivity index (χ2v) is 5.11. The van der Waals surface area contributed by atoms with Crippen LogP contribution in [0.4, 0.5) is 5.82 Å². The maximum Gasteiger partial charge on any atom is 0.170 e. The lowest BCUT2D eigenvalue weighted by Gasteiger charge is -2.28. The van der Waals surface area contributed by atoms with Crippen molar-refractivity contribution in [1.82, 2.24) is 4.98 Å². The van der Waals surface area contributed by atoms with Crippen molar-refractivity contribution in [3.63, 3.8) is 0 Å². The molecule has 1 aromatic carbocycles. The molecule has 2 rings (SSSR count). The summed E-state index contributed by atoms with van der Waals surface area (Å²) >= 11 is 0. The number of para-hydroxylation sites is 1. The first-order valence-electron chi connectivity index (χ1n) is 7.22. The van der Waals surface area contributed by atoms with E-state index in [4.69, 9.17) is 15.9 Å². The van der Waals surface area contributed by atoms with E-state index in [1.54, 1.807) is 0 Å². The van der Waals surface area contributed by atoms with Gasteiger partial charge in [-0.25, -0.2) is 4.98 Å². The summed E-state index contributed by atoms with van der Waals surface area (Å²) in [6.45, 7) is 4.33. The van der Waals surface area contributed by atoms with Crippen LogP contribution in [0, 0.1) is 0 Å². The summed E-state index contributed by atoms with van der Waals surface area (Å²) in [4.78, 5) is 6.86. The first kappa shape index (κ1) is 15.1. The second kappa shape index (κ2) is 6.43.